The summed E-state index contributed by atoms with van der Waals surface area (Å²) in [5, 5.41) is 2.40. The Kier molecular flexibility index (Phi) is 6.91. The number of nitrogens with one attached hydrogen (secondary N) is 1. The van der Waals surface area contributed by atoms with Crippen LogP contribution in [0.4, 0.5) is 4.79 Å². The quantitative estimate of drug-likeness (QED) is 0.455. The molecule has 120 valence electrons. The lowest BCUT2D eigenvalue weighted by atomic mass is 9.91. The molecule has 0 saturated carbocycles. The van der Waals surface area contributed by atoms with E-state index < -0.39 is 29.2 Å². The molecule has 1 N–H and O–H groups in total. The van der Waals surface area contributed by atoms with Gasteiger partial charge in [0.05, 0.1) is 20.6 Å². The van der Waals surface area contributed by atoms with Crippen molar-refractivity contribution in [2.75, 3.05) is 14.2 Å². The van der Waals surface area contributed by atoms with Gasteiger partial charge in [-0.15, -0.1) is 6.58 Å². The molecule has 0 saturated heterocycles. The third kappa shape index (κ3) is 6.29. The second kappa shape index (κ2) is 7.66. The Labute approximate surface area is 124 Å². The Morgan fingerprint density at radius 2 is 1.71 bits per heavy atom. The molecule has 0 radical (unpaired) electrons. The van der Waals surface area contributed by atoms with E-state index in [1.807, 2.05) is 0 Å². The lowest BCUT2D eigenvalue weighted by Crippen LogP contribution is -2.57. The van der Waals surface area contributed by atoms with Crippen molar-refractivity contribution in [2.45, 2.75) is 44.8 Å². The topological polar surface area (TPSA) is 90.9 Å². The van der Waals surface area contributed by atoms with Crippen molar-refractivity contribution in [3.63, 3.8) is 0 Å². The van der Waals surface area contributed by atoms with Crippen LogP contribution >= 0.6 is 0 Å². The molecule has 0 aliphatic rings. The van der Waals surface area contributed by atoms with Crippen LogP contribution in [0.25, 0.3) is 0 Å². The molecule has 0 aromatic carbocycles. The van der Waals surface area contributed by atoms with Gasteiger partial charge in [-0.3, -0.25) is 4.79 Å². The van der Waals surface area contributed by atoms with Crippen LogP contribution in [0.1, 0.15) is 33.6 Å². The summed E-state index contributed by atoms with van der Waals surface area (Å²) in [6, 6.07) is 0. The van der Waals surface area contributed by atoms with E-state index in [9.17, 15) is 14.4 Å². The van der Waals surface area contributed by atoms with Crippen LogP contribution in [-0.2, 0) is 23.8 Å². The van der Waals surface area contributed by atoms with Gasteiger partial charge in [0.2, 0.25) is 0 Å². The zero-order chi connectivity index (χ0) is 16.7. The third-order valence-corrected chi connectivity index (χ3v) is 2.48. The first-order chi connectivity index (χ1) is 9.60. The van der Waals surface area contributed by atoms with Gasteiger partial charge in [0.25, 0.3) is 0 Å². The number of hydrogen-bond acceptors (Lipinski definition) is 6. The molecule has 0 spiro atoms. The molecule has 7 nitrogen and oxygen atoms in total. The van der Waals surface area contributed by atoms with Gasteiger partial charge >= 0.3 is 18.0 Å². The van der Waals surface area contributed by atoms with Gasteiger partial charge in [-0.05, 0) is 27.2 Å². The van der Waals surface area contributed by atoms with Crippen molar-refractivity contribution >= 4 is 18.0 Å². The first-order valence-corrected chi connectivity index (χ1v) is 6.37. The van der Waals surface area contributed by atoms with Crippen molar-refractivity contribution in [3.05, 3.63) is 12.7 Å². The number of methoxy groups -OCH3 is 2. The minimum Gasteiger partial charge on any atom is -0.469 e. The largest absolute Gasteiger partial charge is 0.469 e. The summed E-state index contributed by atoms with van der Waals surface area (Å²) in [7, 11) is 2.35. The van der Waals surface area contributed by atoms with Crippen molar-refractivity contribution in [2.24, 2.45) is 0 Å². The molecular formula is C14H23NO6. The SMILES string of the molecule is C=CCC(CC(=O)OC)(NC(=O)OC(C)(C)C)C(=O)OC. The predicted molar refractivity (Wildman–Crippen MR) is 75.6 cm³/mol. The number of amides is 1. The van der Waals surface area contributed by atoms with Crippen molar-refractivity contribution < 1.29 is 28.6 Å². The Morgan fingerprint density at radius 1 is 1.14 bits per heavy atom. The summed E-state index contributed by atoms with van der Waals surface area (Å²) in [4.78, 5) is 35.5. The van der Waals surface area contributed by atoms with Crippen LogP contribution in [0.5, 0.6) is 0 Å². The molecule has 0 heterocycles. The van der Waals surface area contributed by atoms with E-state index in [-0.39, 0.29) is 12.8 Å². The number of ether oxygens (including phenoxy) is 3. The third-order valence-electron chi connectivity index (χ3n) is 2.48. The van der Waals surface area contributed by atoms with E-state index in [4.69, 9.17) is 4.74 Å². The number of hydrogen-bond donors (Lipinski definition) is 1. The standard InChI is InChI=1S/C14H23NO6/c1-7-8-14(11(17)20-6,9-10(16)19-5)15-12(18)21-13(2,3)4/h7H,1,8-9H2,2-6H3,(H,15,18). The maximum Gasteiger partial charge on any atom is 0.408 e. The van der Waals surface area contributed by atoms with Crippen LogP contribution in [0, 0.1) is 0 Å². The van der Waals surface area contributed by atoms with Crippen LogP contribution in [0.15, 0.2) is 12.7 Å². The second-order valence-electron chi connectivity index (χ2n) is 5.45. The van der Waals surface area contributed by atoms with Gasteiger partial charge in [-0.25, -0.2) is 9.59 Å². The number of carbonyl (C=O) groups is 3. The Balaban J connectivity index is 5.34. The summed E-state index contributed by atoms with van der Waals surface area (Å²) in [5.41, 5.74) is -2.35. The highest BCUT2D eigenvalue weighted by atomic mass is 16.6. The predicted octanol–water partition coefficient (Wildman–Crippen LogP) is 1.56. The van der Waals surface area contributed by atoms with Crippen molar-refractivity contribution in [1.82, 2.24) is 5.32 Å². The van der Waals surface area contributed by atoms with Gasteiger partial charge in [0.15, 0.2) is 5.54 Å². The van der Waals surface area contributed by atoms with Gasteiger partial charge in [-0.2, -0.15) is 0 Å². The molecular weight excluding hydrogens is 278 g/mol. The van der Waals surface area contributed by atoms with Gasteiger partial charge in [-0.1, -0.05) is 6.08 Å². The van der Waals surface area contributed by atoms with E-state index in [1.165, 1.54) is 13.2 Å². The zero-order valence-corrected chi connectivity index (χ0v) is 13.1. The van der Waals surface area contributed by atoms with E-state index in [2.05, 4.69) is 21.4 Å². The van der Waals surface area contributed by atoms with Crippen LogP contribution in [0.3, 0.4) is 0 Å². The fourth-order valence-corrected chi connectivity index (χ4v) is 1.63. The molecule has 1 atom stereocenters. The van der Waals surface area contributed by atoms with Gasteiger partial charge < -0.3 is 19.5 Å². The summed E-state index contributed by atoms with van der Waals surface area (Å²) < 4.78 is 14.3. The molecule has 0 bridgehead atoms. The second-order valence-corrected chi connectivity index (χ2v) is 5.45. The molecule has 0 fully saturated rings. The van der Waals surface area contributed by atoms with Gasteiger partial charge in [0.1, 0.15) is 5.60 Å². The Bertz CT molecular complexity index is 412. The Morgan fingerprint density at radius 3 is 2.10 bits per heavy atom. The molecule has 21 heavy (non-hydrogen) atoms. The average Bonchev–Trinajstić information content (AvgIpc) is 2.35. The molecule has 7 heteroatoms. The lowest BCUT2D eigenvalue weighted by molar-refractivity contribution is -0.155. The lowest BCUT2D eigenvalue weighted by Gasteiger charge is -2.31. The highest BCUT2D eigenvalue weighted by molar-refractivity contribution is 5.90. The number of carbonyl (C=O) groups excluding carboxylic acids is 3. The maximum absolute atomic E-state index is 12.0. The fourth-order valence-electron chi connectivity index (χ4n) is 1.63. The summed E-state index contributed by atoms with van der Waals surface area (Å²) in [6.07, 6.45) is 0.172. The van der Waals surface area contributed by atoms with Crippen molar-refractivity contribution in [1.29, 1.82) is 0 Å². The highest BCUT2D eigenvalue weighted by Gasteiger charge is 2.43. The first-order valence-electron chi connectivity index (χ1n) is 6.37. The fraction of sp³-hybridized carbons (Fsp3) is 0.643. The average molecular weight is 301 g/mol. The molecule has 0 aliphatic carbocycles. The first kappa shape index (κ1) is 18.9. The molecule has 0 aliphatic heterocycles. The van der Waals surface area contributed by atoms with Crippen LogP contribution in [0.2, 0.25) is 0 Å². The normalized spacial score (nSPS) is 13.6. The zero-order valence-electron chi connectivity index (χ0n) is 13.1. The number of rotatable bonds is 6. The van der Waals surface area contributed by atoms with E-state index in [0.29, 0.717) is 0 Å². The van der Waals surface area contributed by atoms with Crippen molar-refractivity contribution in [3.8, 4) is 0 Å². The van der Waals surface area contributed by atoms with Gasteiger partial charge in [0, 0.05) is 0 Å². The van der Waals surface area contributed by atoms with E-state index in [0.717, 1.165) is 7.11 Å². The molecule has 0 aromatic rings. The van der Waals surface area contributed by atoms with Crippen LogP contribution in [-0.4, -0.2) is 43.4 Å². The van der Waals surface area contributed by atoms with Crippen LogP contribution < -0.4 is 5.32 Å². The minimum atomic E-state index is -1.61. The summed E-state index contributed by atoms with van der Waals surface area (Å²) in [6.45, 7) is 8.57. The Hall–Kier alpha value is -2.05. The summed E-state index contributed by atoms with van der Waals surface area (Å²) in [5.74, 6) is -1.45. The number of alkyl carbamates (subject to hydrolysis) is 1. The molecule has 1 amide bonds. The summed E-state index contributed by atoms with van der Waals surface area (Å²) >= 11 is 0. The number of esters is 2. The maximum atomic E-state index is 12.0. The highest BCUT2D eigenvalue weighted by Crippen LogP contribution is 2.20. The molecule has 1 unspecified atom stereocenters. The monoisotopic (exact) mass is 301 g/mol. The minimum absolute atomic E-state index is 0.00594. The molecule has 0 rings (SSSR count). The van der Waals surface area contributed by atoms with E-state index in [1.54, 1.807) is 20.8 Å². The molecule has 0 aromatic heterocycles. The smallest absolute Gasteiger partial charge is 0.408 e. The van der Waals surface area contributed by atoms with E-state index >= 15 is 0 Å².